The quantitative estimate of drug-likeness (QED) is 0.480. The van der Waals surface area contributed by atoms with Gasteiger partial charge in [-0.05, 0) is 42.5 Å². The Kier molecular flexibility index (Phi) is 4.19. The number of hydrogen-bond donors (Lipinski definition) is 0. The Hall–Kier alpha value is -2.54. The van der Waals surface area contributed by atoms with E-state index in [9.17, 15) is 17.6 Å². The number of alkyl halides is 3. The lowest BCUT2D eigenvalue weighted by Crippen LogP contribution is -2.10. The monoisotopic (exact) mass is 353 g/mol. The maximum atomic E-state index is 13.1. The molecule has 0 saturated heterocycles. The first-order chi connectivity index (χ1) is 11.3. The Morgan fingerprint density at radius 2 is 1.58 bits per heavy atom. The highest BCUT2D eigenvalue weighted by Crippen LogP contribution is 2.32. The van der Waals surface area contributed by atoms with Gasteiger partial charge < -0.3 is 0 Å². The third-order valence-electron chi connectivity index (χ3n) is 3.14. The molecule has 0 radical (unpaired) electrons. The lowest BCUT2D eigenvalue weighted by molar-refractivity contribution is -0.141. The molecule has 0 amide bonds. The zero-order valence-corrected chi connectivity index (χ0v) is 12.6. The summed E-state index contributed by atoms with van der Waals surface area (Å²) in [5.74, 6) is -0.640. The summed E-state index contributed by atoms with van der Waals surface area (Å²) in [6.45, 7) is 0. The van der Waals surface area contributed by atoms with Gasteiger partial charge in [0.1, 0.15) is 16.7 Å². The van der Waals surface area contributed by atoms with Crippen molar-refractivity contribution in [2.24, 2.45) is 0 Å². The average Bonchev–Trinajstić information content (AvgIpc) is 2.54. The third kappa shape index (κ3) is 3.51. The first kappa shape index (κ1) is 16.3. The van der Waals surface area contributed by atoms with E-state index in [0.29, 0.717) is 11.1 Å². The van der Waals surface area contributed by atoms with Gasteiger partial charge in [0.2, 0.25) is 0 Å². The van der Waals surface area contributed by atoms with Crippen molar-refractivity contribution in [2.75, 3.05) is 0 Å². The molecule has 0 N–H and O–H groups in total. The van der Waals surface area contributed by atoms with Crippen LogP contribution in [-0.2, 0) is 6.18 Å². The average molecular weight is 354 g/mol. The maximum Gasteiger partial charge on any atom is 0.433 e. The summed E-state index contributed by atoms with van der Waals surface area (Å²) in [5, 5.41) is 0.108. The van der Waals surface area contributed by atoms with Crippen molar-refractivity contribution in [3.05, 3.63) is 65.3 Å². The number of aromatic nitrogens is 3. The zero-order valence-electron chi connectivity index (χ0n) is 11.9. The van der Waals surface area contributed by atoms with Crippen molar-refractivity contribution >= 4 is 11.6 Å². The molecule has 122 valence electrons. The molecule has 0 aliphatic rings. The van der Waals surface area contributed by atoms with E-state index in [1.807, 2.05) is 0 Å². The van der Waals surface area contributed by atoms with E-state index in [4.69, 9.17) is 11.6 Å². The Morgan fingerprint density at radius 3 is 2.21 bits per heavy atom. The van der Waals surface area contributed by atoms with Gasteiger partial charge in [0.25, 0.3) is 0 Å². The van der Waals surface area contributed by atoms with Crippen LogP contribution in [0, 0.1) is 5.82 Å². The van der Waals surface area contributed by atoms with Crippen LogP contribution in [-0.4, -0.2) is 15.0 Å². The van der Waals surface area contributed by atoms with Crippen molar-refractivity contribution in [2.45, 2.75) is 6.18 Å². The highest BCUT2D eigenvalue weighted by Gasteiger charge is 2.34. The van der Waals surface area contributed by atoms with Gasteiger partial charge in [0.05, 0.1) is 5.69 Å². The molecular weight excluding hydrogens is 346 g/mol. The number of pyridine rings is 1. The fourth-order valence-electron chi connectivity index (χ4n) is 2.03. The third-order valence-corrected chi connectivity index (χ3v) is 3.35. The van der Waals surface area contributed by atoms with E-state index in [-0.39, 0.29) is 16.7 Å². The summed E-state index contributed by atoms with van der Waals surface area (Å²) in [5.41, 5.74) is -0.435. The normalized spacial score (nSPS) is 11.5. The lowest BCUT2D eigenvalue weighted by atomic mass is 10.1. The Morgan fingerprint density at radius 1 is 0.875 bits per heavy atom. The van der Waals surface area contributed by atoms with Gasteiger partial charge in [-0.25, -0.2) is 19.3 Å². The molecule has 3 rings (SSSR count). The van der Waals surface area contributed by atoms with Crippen molar-refractivity contribution < 1.29 is 17.6 Å². The van der Waals surface area contributed by atoms with Crippen molar-refractivity contribution in [3.8, 4) is 22.6 Å². The van der Waals surface area contributed by atoms with E-state index in [1.165, 1.54) is 30.5 Å². The summed E-state index contributed by atoms with van der Waals surface area (Å²) in [7, 11) is 0. The summed E-state index contributed by atoms with van der Waals surface area (Å²) in [4.78, 5) is 11.5. The second-order valence-corrected chi connectivity index (χ2v) is 5.22. The molecule has 3 nitrogen and oxygen atoms in total. The second-order valence-electron chi connectivity index (χ2n) is 4.83. The van der Waals surface area contributed by atoms with Gasteiger partial charge in [-0.1, -0.05) is 11.6 Å². The van der Waals surface area contributed by atoms with Gasteiger partial charge in [-0.2, -0.15) is 13.2 Å². The summed E-state index contributed by atoms with van der Waals surface area (Å²) in [6.07, 6.45) is -3.30. The fraction of sp³-hybridized carbons (Fsp3) is 0.0625. The number of hydrogen-bond acceptors (Lipinski definition) is 3. The highest BCUT2D eigenvalue weighted by atomic mass is 35.5. The molecule has 3 aromatic rings. The van der Waals surface area contributed by atoms with Gasteiger partial charge in [0, 0.05) is 17.3 Å². The molecule has 0 unspecified atom stereocenters. The number of nitrogens with zero attached hydrogens (tertiary/aromatic N) is 3. The first-order valence-electron chi connectivity index (χ1n) is 6.67. The standard InChI is InChI=1S/C16H8ClF4N3/c17-14-7-10(5-6-22-14)15-23-12(8-13(24-15)16(19,20)21)9-1-3-11(18)4-2-9/h1-8H. The number of benzene rings is 1. The van der Waals surface area contributed by atoms with Crippen LogP contribution in [0.4, 0.5) is 17.6 Å². The van der Waals surface area contributed by atoms with Gasteiger partial charge in [0.15, 0.2) is 5.82 Å². The maximum absolute atomic E-state index is 13.1. The minimum absolute atomic E-state index is 0.0280. The SMILES string of the molecule is Fc1ccc(-c2cc(C(F)(F)F)nc(-c3ccnc(Cl)c3)n2)cc1. The summed E-state index contributed by atoms with van der Waals surface area (Å²) >= 11 is 5.77. The van der Waals surface area contributed by atoms with Gasteiger partial charge >= 0.3 is 6.18 Å². The van der Waals surface area contributed by atoms with E-state index in [1.54, 1.807) is 0 Å². The van der Waals surface area contributed by atoms with Crippen molar-refractivity contribution in [1.29, 1.82) is 0 Å². The number of halogens is 5. The Labute approximate surface area is 139 Å². The molecule has 2 heterocycles. The molecule has 0 saturated carbocycles. The molecule has 24 heavy (non-hydrogen) atoms. The largest absolute Gasteiger partial charge is 0.433 e. The molecule has 0 fully saturated rings. The van der Waals surface area contributed by atoms with E-state index in [2.05, 4.69) is 15.0 Å². The minimum atomic E-state index is -4.65. The van der Waals surface area contributed by atoms with Crippen LogP contribution in [0.25, 0.3) is 22.6 Å². The van der Waals surface area contributed by atoms with Crippen LogP contribution in [0.3, 0.4) is 0 Å². The van der Waals surface area contributed by atoms with E-state index < -0.39 is 17.7 Å². The van der Waals surface area contributed by atoms with Gasteiger partial charge in [-0.15, -0.1) is 0 Å². The molecule has 0 aliphatic carbocycles. The van der Waals surface area contributed by atoms with Crippen molar-refractivity contribution in [1.82, 2.24) is 15.0 Å². The molecular formula is C16H8ClF4N3. The van der Waals surface area contributed by atoms with Crippen LogP contribution in [0.1, 0.15) is 5.69 Å². The topological polar surface area (TPSA) is 38.7 Å². The minimum Gasteiger partial charge on any atom is -0.245 e. The Balaban J connectivity index is 2.19. The molecule has 0 aliphatic heterocycles. The molecule has 1 aromatic carbocycles. The highest BCUT2D eigenvalue weighted by molar-refractivity contribution is 6.29. The van der Waals surface area contributed by atoms with Crippen LogP contribution in [0.5, 0.6) is 0 Å². The summed E-state index contributed by atoms with van der Waals surface area (Å²) < 4.78 is 52.4. The smallest absolute Gasteiger partial charge is 0.245 e. The molecule has 0 bridgehead atoms. The second kappa shape index (κ2) is 6.16. The predicted molar refractivity (Wildman–Crippen MR) is 80.7 cm³/mol. The van der Waals surface area contributed by atoms with Crippen LogP contribution < -0.4 is 0 Å². The van der Waals surface area contributed by atoms with Crippen LogP contribution in [0.15, 0.2) is 48.7 Å². The van der Waals surface area contributed by atoms with E-state index in [0.717, 1.165) is 18.2 Å². The van der Waals surface area contributed by atoms with Gasteiger partial charge in [-0.3, -0.25) is 0 Å². The van der Waals surface area contributed by atoms with Crippen LogP contribution >= 0.6 is 11.6 Å². The molecule has 2 aromatic heterocycles. The molecule has 0 spiro atoms. The zero-order chi connectivity index (χ0) is 17.3. The number of rotatable bonds is 2. The summed E-state index contributed by atoms with van der Waals surface area (Å²) in [6, 6.07) is 8.63. The van der Waals surface area contributed by atoms with E-state index >= 15 is 0 Å². The molecule has 8 heteroatoms. The predicted octanol–water partition coefficient (Wildman–Crippen LogP) is 5.02. The lowest BCUT2D eigenvalue weighted by Gasteiger charge is -2.11. The van der Waals surface area contributed by atoms with Crippen molar-refractivity contribution in [3.63, 3.8) is 0 Å². The first-order valence-corrected chi connectivity index (χ1v) is 7.05. The Bertz CT molecular complexity index is 879. The van der Waals surface area contributed by atoms with Crippen LogP contribution in [0.2, 0.25) is 5.15 Å². The molecule has 0 atom stereocenters. The fourth-order valence-corrected chi connectivity index (χ4v) is 2.21.